The lowest BCUT2D eigenvalue weighted by Gasteiger charge is -2.20. The maximum atomic E-state index is 14.3. The molecule has 29 heavy (non-hydrogen) atoms. The Balaban J connectivity index is 1.95. The highest BCUT2D eigenvalue weighted by molar-refractivity contribution is 6.30. The summed E-state index contributed by atoms with van der Waals surface area (Å²) < 4.78 is 114. The van der Waals surface area contributed by atoms with Crippen molar-refractivity contribution in [2.75, 3.05) is 0 Å². The number of ether oxygens (including phenoxy) is 1. The predicted molar refractivity (Wildman–Crippen MR) is 87.6 cm³/mol. The molecule has 0 aliphatic carbocycles. The van der Waals surface area contributed by atoms with E-state index in [0.717, 1.165) is 12.1 Å². The van der Waals surface area contributed by atoms with Gasteiger partial charge < -0.3 is 4.74 Å². The Morgan fingerprint density at radius 2 is 1.24 bits per heavy atom. The standard InChI is InChI=1S/C19H7ClF8O/c20-9-5-13(22)17(14(23)6-9)19(27,28)29-10-1-2-11(12(21)7-10)8-3-15(24)18(26)16(25)4-8/h1-7H. The minimum Gasteiger partial charge on any atom is -0.429 e. The molecule has 3 rings (SSSR count). The van der Waals surface area contributed by atoms with E-state index in [-0.39, 0.29) is 0 Å². The van der Waals surface area contributed by atoms with Gasteiger partial charge in [0.25, 0.3) is 0 Å². The average molecular weight is 439 g/mol. The van der Waals surface area contributed by atoms with Gasteiger partial charge in [-0.1, -0.05) is 11.6 Å². The first-order chi connectivity index (χ1) is 13.5. The van der Waals surface area contributed by atoms with Crippen LogP contribution in [0.2, 0.25) is 5.02 Å². The summed E-state index contributed by atoms with van der Waals surface area (Å²) in [6, 6.07) is 3.90. The van der Waals surface area contributed by atoms with Crippen molar-refractivity contribution in [2.24, 2.45) is 0 Å². The fourth-order valence-corrected chi connectivity index (χ4v) is 2.72. The summed E-state index contributed by atoms with van der Waals surface area (Å²) in [5, 5.41) is -0.464. The molecule has 0 saturated heterocycles. The maximum absolute atomic E-state index is 14.3. The molecule has 1 nitrogen and oxygen atoms in total. The highest BCUT2D eigenvalue weighted by Gasteiger charge is 2.41. The third-order valence-corrected chi connectivity index (χ3v) is 4.00. The van der Waals surface area contributed by atoms with Crippen LogP contribution in [0.15, 0.2) is 42.5 Å². The van der Waals surface area contributed by atoms with Gasteiger partial charge in [0.1, 0.15) is 28.8 Å². The second-order valence-electron chi connectivity index (χ2n) is 5.76. The Morgan fingerprint density at radius 1 is 0.690 bits per heavy atom. The quantitative estimate of drug-likeness (QED) is 0.316. The van der Waals surface area contributed by atoms with E-state index in [4.69, 9.17) is 11.6 Å². The lowest BCUT2D eigenvalue weighted by molar-refractivity contribution is -0.189. The lowest BCUT2D eigenvalue weighted by Crippen LogP contribution is -2.25. The smallest absolute Gasteiger partial charge is 0.429 e. The van der Waals surface area contributed by atoms with Gasteiger partial charge in [-0.2, -0.15) is 8.78 Å². The summed E-state index contributed by atoms with van der Waals surface area (Å²) in [6.45, 7) is 0. The Labute approximate surface area is 163 Å². The largest absolute Gasteiger partial charge is 0.432 e. The molecule has 0 heterocycles. The third kappa shape index (κ3) is 4.14. The minimum atomic E-state index is -4.54. The predicted octanol–water partition coefficient (Wildman–Crippen LogP) is 6.97. The Kier molecular flexibility index (Phi) is 5.44. The molecule has 3 aromatic carbocycles. The second kappa shape index (κ2) is 7.55. The Hall–Kier alpha value is -2.81. The average Bonchev–Trinajstić information content (AvgIpc) is 2.57. The van der Waals surface area contributed by atoms with Gasteiger partial charge in [0, 0.05) is 16.7 Å². The van der Waals surface area contributed by atoms with Crippen LogP contribution in [0.25, 0.3) is 11.1 Å². The minimum absolute atomic E-state index is 0.410. The Bertz CT molecular complexity index is 1050. The molecule has 0 amide bonds. The molecule has 0 N–H and O–H groups in total. The molecule has 0 aromatic heterocycles. The van der Waals surface area contributed by atoms with Crippen LogP contribution in [-0.4, -0.2) is 0 Å². The summed E-state index contributed by atoms with van der Waals surface area (Å²) in [5.41, 5.74) is -2.61. The fraction of sp³-hybridized carbons (Fsp3) is 0.0526. The van der Waals surface area contributed by atoms with Gasteiger partial charge in [-0.25, -0.2) is 26.3 Å². The van der Waals surface area contributed by atoms with Gasteiger partial charge in [-0.3, -0.25) is 0 Å². The number of rotatable bonds is 4. The van der Waals surface area contributed by atoms with Gasteiger partial charge in [0.15, 0.2) is 17.5 Å². The van der Waals surface area contributed by atoms with E-state index in [1.165, 1.54) is 0 Å². The molecule has 152 valence electrons. The van der Waals surface area contributed by atoms with E-state index in [0.29, 0.717) is 30.3 Å². The van der Waals surface area contributed by atoms with Crippen LogP contribution in [0.4, 0.5) is 35.1 Å². The zero-order valence-corrected chi connectivity index (χ0v) is 14.6. The zero-order valence-electron chi connectivity index (χ0n) is 13.9. The molecule has 0 unspecified atom stereocenters. The molecule has 0 radical (unpaired) electrons. The first kappa shape index (κ1) is 20.9. The van der Waals surface area contributed by atoms with Crippen molar-refractivity contribution in [3.63, 3.8) is 0 Å². The number of hydrogen-bond acceptors (Lipinski definition) is 1. The van der Waals surface area contributed by atoms with Gasteiger partial charge in [0.05, 0.1) is 0 Å². The fourth-order valence-electron chi connectivity index (χ4n) is 2.52. The molecule has 3 aromatic rings. The SMILES string of the molecule is Fc1cc(OC(F)(F)c2c(F)cc(Cl)cc2F)ccc1-c1cc(F)c(F)c(F)c1. The van der Waals surface area contributed by atoms with Crippen LogP contribution in [-0.2, 0) is 6.11 Å². The molecule has 0 aliphatic rings. The summed E-state index contributed by atoms with van der Waals surface area (Å²) in [6.07, 6.45) is -4.54. The molecular formula is C19H7ClF8O. The van der Waals surface area contributed by atoms with Crippen LogP contribution in [0.5, 0.6) is 5.75 Å². The summed E-state index contributed by atoms with van der Waals surface area (Å²) in [5.74, 6) is -10.4. The van der Waals surface area contributed by atoms with E-state index in [2.05, 4.69) is 4.74 Å². The highest BCUT2D eigenvalue weighted by Crippen LogP contribution is 2.37. The highest BCUT2D eigenvalue weighted by atomic mass is 35.5. The zero-order chi connectivity index (χ0) is 21.5. The normalized spacial score (nSPS) is 11.6. The van der Waals surface area contributed by atoms with E-state index in [1.54, 1.807) is 0 Å². The van der Waals surface area contributed by atoms with Gasteiger partial charge >= 0.3 is 6.11 Å². The van der Waals surface area contributed by atoms with E-state index >= 15 is 0 Å². The molecule has 0 bridgehead atoms. The summed E-state index contributed by atoms with van der Waals surface area (Å²) in [4.78, 5) is 0. The van der Waals surface area contributed by atoms with Crippen molar-refractivity contribution < 1.29 is 39.9 Å². The van der Waals surface area contributed by atoms with Crippen molar-refractivity contribution in [2.45, 2.75) is 6.11 Å². The number of hydrogen-bond donors (Lipinski definition) is 0. The lowest BCUT2D eigenvalue weighted by atomic mass is 10.0. The van der Waals surface area contributed by atoms with E-state index in [9.17, 15) is 35.1 Å². The summed E-state index contributed by atoms with van der Waals surface area (Å²) in [7, 11) is 0. The van der Waals surface area contributed by atoms with Crippen LogP contribution >= 0.6 is 11.6 Å². The van der Waals surface area contributed by atoms with Crippen LogP contribution in [0.3, 0.4) is 0 Å². The third-order valence-electron chi connectivity index (χ3n) is 3.78. The first-order valence-electron chi connectivity index (χ1n) is 7.66. The molecule has 10 heteroatoms. The Morgan fingerprint density at radius 3 is 1.76 bits per heavy atom. The van der Waals surface area contributed by atoms with Crippen molar-refractivity contribution in [1.82, 2.24) is 0 Å². The monoisotopic (exact) mass is 438 g/mol. The molecule has 0 saturated carbocycles. The molecule has 0 aliphatic heterocycles. The van der Waals surface area contributed by atoms with Crippen LogP contribution < -0.4 is 4.74 Å². The first-order valence-corrected chi connectivity index (χ1v) is 8.03. The molecule has 0 fully saturated rings. The van der Waals surface area contributed by atoms with Crippen molar-refractivity contribution in [1.29, 1.82) is 0 Å². The second-order valence-corrected chi connectivity index (χ2v) is 6.20. The van der Waals surface area contributed by atoms with Crippen LogP contribution in [0, 0.1) is 34.9 Å². The number of benzene rings is 3. The summed E-state index contributed by atoms with van der Waals surface area (Å²) >= 11 is 5.37. The van der Waals surface area contributed by atoms with Crippen LogP contribution in [0.1, 0.15) is 5.56 Å². The van der Waals surface area contributed by atoms with Crippen molar-refractivity contribution in [3.8, 4) is 16.9 Å². The van der Waals surface area contributed by atoms with Crippen molar-refractivity contribution >= 4 is 11.6 Å². The van der Waals surface area contributed by atoms with Gasteiger partial charge in [0.2, 0.25) is 0 Å². The van der Waals surface area contributed by atoms with E-state index in [1.807, 2.05) is 0 Å². The molecule has 0 spiro atoms. The maximum Gasteiger partial charge on any atom is 0.432 e. The number of halogens is 9. The van der Waals surface area contributed by atoms with Gasteiger partial charge in [-0.05, 0) is 42.0 Å². The molecule has 0 atom stereocenters. The molecular weight excluding hydrogens is 432 g/mol. The van der Waals surface area contributed by atoms with E-state index < -0.39 is 68.5 Å². The topological polar surface area (TPSA) is 9.23 Å². The number of alkyl halides is 2. The van der Waals surface area contributed by atoms with Gasteiger partial charge in [-0.15, -0.1) is 0 Å². The van der Waals surface area contributed by atoms with Crippen molar-refractivity contribution in [3.05, 3.63) is 88.0 Å².